The van der Waals surface area contributed by atoms with Crippen LogP contribution in [-0.4, -0.2) is 36.7 Å². The fourth-order valence-corrected chi connectivity index (χ4v) is 1.33. The third-order valence-corrected chi connectivity index (χ3v) is 2.25. The zero-order chi connectivity index (χ0) is 12.8. The predicted octanol–water partition coefficient (Wildman–Crippen LogP) is 0.604. The summed E-state index contributed by atoms with van der Waals surface area (Å²) in [5.74, 6) is -1.22. The first kappa shape index (κ1) is 13.5. The normalized spacial score (nSPS) is 11.7. The summed E-state index contributed by atoms with van der Waals surface area (Å²) in [6.07, 6.45) is -1.37. The second-order valence-corrected chi connectivity index (χ2v) is 3.70. The number of rotatable bonds is 4. The van der Waals surface area contributed by atoms with Crippen molar-refractivity contribution in [3.8, 4) is 0 Å². The molecule has 1 unspecified atom stereocenters. The largest absolute Gasteiger partial charge is 0.467 e. The summed E-state index contributed by atoms with van der Waals surface area (Å²) in [6.45, 7) is -0.210. The van der Waals surface area contributed by atoms with E-state index in [9.17, 15) is 14.7 Å². The molecule has 1 atom stereocenters. The number of ether oxygens (including phenoxy) is 1. The van der Waals surface area contributed by atoms with Gasteiger partial charge in [0.15, 0.2) is 6.10 Å². The van der Waals surface area contributed by atoms with Crippen molar-refractivity contribution in [2.24, 2.45) is 0 Å². The van der Waals surface area contributed by atoms with Crippen LogP contribution in [0.5, 0.6) is 0 Å². The molecule has 0 radical (unpaired) electrons. The molecular weight excluding hydrogens is 246 g/mol. The lowest BCUT2D eigenvalue weighted by Crippen LogP contribution is -2.37. The van der Waals surface area contributed by atoms with Gasteiger partial charge in [-0.1, -0.05) is 17.7 Å². The molecule has 6 heteroatoms. The van der Waals surface area contributed by atoms with Gasteiger partial charge in [-0.2, -0.15) is 0 Å². The molecule has 0 saturated heterocycles. The van der Waals surface area contributed by atoms with Crippen molar-refractivity contribution < 1.29 is 19.4 Å². The van der Waals surface area contributed by atoms with Crippen LogP contribution in [0.3, 0.4) is 0 Å². The van der Waals surface area contributed by atoms with Gasteiger partial charge in [-0.05, 0) is 18.2 Å². The maximum atomic E-state index is 11.6. The van der Waals surface area contributed by atoms with Crippen LogP contribution in [0.1, 0.15) is 10.4 Å². The number of aliphatic hydroxyl groups excluding tert-OH is 1. The number of esters is 1. The molecule has 5 nitrogen and oxygen atoms in total. The van der Waals surface area contributed by atoms with E-state index < -0.39 is 18.0 Å². The van der Waals surface area contributed by atoms with Crippen LogP contribution in [0.15, 0.2) is 24.3 Å². The fourth-order valence-electron chi connectivity index (χ4n) is 1.14. The molecule has 1 rings (SSSR count). The summed E-state index contributed by atoms with van der Waals surface area (Å²) in [4.78, 5) is 22.4. The molecule has 0 aliphatic carbocycles. The van der Waals surface area contributed by atoms with Crippen molar-refractivity contribution in [2.75, 3.05) is 13.7 Å². The van der Waals surface area contributed by atoms with Crippen LogP contribution in [0.25, 0.3) is 0 Å². The lowest BCUT2D eigenvalue weighted by molar-refractivity contribution is -0.149. The zero-order valence-corrected chi connectivity index (χ0v) is 9.90. The summed E-state index contributed by atoms with van der Waals surface area (Å²) in [6, 6.07) is 6.34. The third-order valence-electron chi connectivity index (χ3n) is 2.02. The Morgan fingerprint density at radius 1 is 1.53 bits per heavy atom. The summed E-state index contributed by atoms with van der Waals surface area (Å²) in [7, 11) is 1.16. The Labute approximate surface area is 103 Å². The highest BCUT2D eigenvalue weighted by Gasteiger charge is 2.16. The third kappa shape index (κ3) is 4.05. The van der Waals surface area contributed by atoms with Gasteiger partial charge in [0, 0.05) is 10.6 Å². The van der Waals surface area contributed by atoms with E-state index in [2.05, 4.69) is 10.1 Å². The SMILES string of the molecule is COC(=O)C(O)CNC(=O)c1cccc(Cl)c1. The molecule has 0 heterocycles. The molecule has 2 N–H and O–H groups in total. The summed E-state index contributed by atoms with van der Waals surface area (Å²) in [5.41, 5.74) is 0.356. The van der Waals surface area contributed by atoms with Gasteiger partial charge in [-0.25, -0.2) is 4.79 Å². The smallest absolute Gasteiger partial charge is 0.336 e. The maximum Gasteiger partial charge on any atom is 0.336 e. The highest BCUT2D eigenvalue weighted by atomic mass is 35.5. The van der Waals surface area contributed by atoms with Gasteiger partial charge in [0.1, 0.15) is 0 Å². The lowest BCUT2D eigenvalue weighted by atomic mass is 10.2. The molecule has 0 aliphatic heterocycles. The number of halogens is 1. The number of aliphatic hydroxyl groups is 1. The van der Waals surface area contributed by atoms with E-state index in [0.29, 0.717) is 10.6 Å². The minimum Gasteiger partial charge on any atom is -0.467 e. The van der Waals surface area contributed by atoms with Gasteiger partial charge < -0.3 is 15.2 Å². The van der Waals surface area contributed by atoms with Crippen LogP contribution < -0.4 is 5.32 Å². The Bertz CT molecular complexity index is 422. The highest BCUT2D eigenvalue weighted by Crippen LogP contribution is 2.10. The summed E-state index contributed by atoms with van der Waals surface area (Å²) >= 11 is 5.72. The van der Waals surface area contributed by atoms with Crippen molar-refractivity contribution in [1.29, 1.82) is 0 Å². The molecule has 1 amide bonds. The molecule has 0 spiro atoms. The van der Waals surface area contributed by atoms with E-state index in [4.69, 9.17) is 11.6 Å². The van der Waals surface area contributed by atoms with Gasteiger partial charge in [-0.3, -0.25) is 4.79 Å². The molecule has 1 aromatic carbocycles. The summed E-state index contributed by atoms with van der Waals surface area (Å²) < 4.78 is 4.31. The Morgan fingerprint density at radius 2 is 2.24 bits per heavy atom. The van der Waals surface area contributed by atoms with Gasteiger partial charge in [0.05, 0.1) is 13.7 Å². The Morgan fingerprint density at radius 3 is 2.82 bits per heavy atom. The molecule has 0 aromatic heterocycles. The molecule has 0 aliphatic rings. The highest BCUT2D eigenvalue weighted by molar-refractivity contribution is 6.30. The molecule has 92 valence electrons. The van der Waals surface area contributed by atoms with Crippen molar-refractivity contribution in [3.63, 3.8) is 0 Å². The van der Waals surface area contributed by atoms with Crippen molar-refractivity contribution >= 4 is 23.5 Å². The Hall–Kier alpha value is -1.59. The number of hydrogen-bond donors (Lipinski definition) is 2. The number of benzene rings is 1. The van der Waals surface area contributed by atoms with E-state index in [0.717, 1.165) is 7.11 Å². The number of carbonyl (C=O) groups excluding carboxylic acids is 2. The average molecular weight is 258 g/mol. The van der Waals surface area contributed by atoms with Crippen molar-refractivity contribution in [3.05, 3.63) is 34.9 Å². The number of nitrogens with one attached hydrogen (secondary N) is 1. The van der Waals surface area contributed by atoms with Crippen LogP contribution in [0.4, 0.5) is 0 Å². The van der Waals surface area contributed by atoms with E-state index >= 15 is 0 Å². The minimum atomic E-state index is -1.37. The van der Waals surface area contributed by atoms with E-state index in [1.165, 1.54) is 6.07 Å². The van der Waals surface area contributed by atoms with Crippen LogP contribution >= 0.6 is 11.6 Å². The topological polar surface area (TPSA) is 75.6 Å². The monoisotopic (exact) mass is 257 g/mol. The molecule has 1 aromatic rings. The van der Waals surface area contributed by atoms with Crippen LogP contribution in [0.2, 0.25) is 5.02 Å². The van der Waals surface area contributed by atoms with Gasteiger partial charge in [0.25, 0.3) is 5.91 Å². The van der Waals surface area contributed by atoms with Gasteiger partial charge in [-0.15, -0.1) is 0 Å². The molecule has 0 bridgehead atoms. The average Bonchev–Trinajstić information content (AvgIpc) is 2.34. The zero-order valence-electron chi connectivity index (χ0n) is 9.14. The standard InChI is InChI=1S/C11H12ClNO4/c1-17-11(16)9(14)6-13-10(15)7-3-2-4-8(12)5-7/h2-5,9,14H,6H2,1H3,(H,13,15). The van der Waals surface area contributed by atoms with E-state index in [1.807, 2.05) is 0 Å². The Kier molecular flexibility index (Phi) is 4.93. The second-order valence-electron chi connectivity index (χ2n) is 3.26. The molecule has 17 heavy (non-hydrogen) atoms. The van der Waals surface area contributed by atoms with E-state index in [-0.39, 0.29) is 6.54 Å². The predicted molar refractivity (Wildman–Crippen MR) is 61.8 cm³/mol. The van der Waals surface area contributed by atoms with Crippen molar-refractivity contribution in [1.82, 2.24) is 5.32 Å². The minimum absolute atomic E-state index is 0.210. The van der Waals surface area contributed by atoms with Crippen molar-refractivity contribution in [2.45, 2.75) is 6.10 Å². The van der Waals surface area contributed by atoms with Crippen LogP contribution in [0, 0.1) is 0 Å². The fraction of sp³-hybridized carbons (Fsp3) is 0.273. The number of methoxy groups -OCH3 is 1. The number of amides is 1. The molecular formula is C11H12ClNO4. The number of hydrogen-bond acceptors (Lipinski definition) is 4. The second kappa shape index (κ2) is 6.22. The van der Waals surface area contributed by atoms with Gasteiger partial charge in [0.2, 0.25) is 0 Å². The number of carbonyl (C=O) groups is 2. The first-order valence-corrected chi connectivity index (χ1v) is 5.22. The maximum absolute atomic E-state index is 11.6. The lowest BCUT2D eigenvalue weighted by Gasteiger charge is -2.09. The molecule has 0 saturated carbocycles. The quantitative estimate of drug-likeness (QED) is 0.775. The Balaban J connectivity index is 2.53. The summed E-state index contributed by atoms with van der Waals surface area (Å²) in [5, 5.41) is 12.1. The van der Waals surface area contributed by atoms with Gasteiger partial charge >= 0.3 is 5.97 Å². The van der Waals surface area contributed by atoms with Crippen LogP contribution in [-0.2, 0) is 9.53 Å². The van der Waals surface area contributed by atoms with E-state index in [1.54, 1.807) is 18.2 Å². The molecule has 0 fully saturated rings. The first-order chi connectivity index (χ1) is 8.04. The first-order valence-electron chi connectivity index (χ1n) is 4.84.